The molecular formula is C29H34N2O3S. The van der Waals surface area contributed by atoms with E-state index in [-0.39, 0.29) is 24.5 Å². The highest BCUT2D eigenvalue weighted by Crippen LogP contribution is 2.30. The predicted octanol–water partition coefficient (Wildman–Crippen LogP) is 7.34. The summed E-state index contributed by atoms with van der Waals surface area (Å²) in [6, 6.07) is 25.7. The van der Waals surface area contributed by atoms with Crippen molar-refractivity contribution >= 4 is 29.4 Å². The summed E-state index contributed by atoms with van der Waals surface area (Å²) in [4.78, 5) is 29.0. The number of nitrogens with one attached hydrogen (secondary N) is 1. The van der Waals surface area contributed by atoms with Gasteiger partial charge in [0, 0.05) is 22.0 Å². The summed E-state index contributed by atoms with van der Waals surface area (Å²) < 4.78 is 5.06. The molecule has 3 rings (SSSR count). The summed E-state index contributed by atoms with van der Waals surface area (Å²) in [5, 5.41) is 3.09. The number of unbranched alkanes of at least 4 members (excludes halogenated alkanes) is 1. The first-order chi connectivity index (χ1) is 17.0. The molecular weight excluding hydrogens is 456 g/mol. The van der Waals surface area contributed by atoms with Gasteiger partial charge in [0.15, 0.2) is 0 Å². The molecule has 0 radical (unpaired) electrons. The molecule has 0 saturated heterocycles. The van der Waals surface area contributed by atoms with Crippen LogP contribution in [-0.2, 0) is 16.0 Å². The average Bonchev–Trinajstić information content (AvgIpc) is 2.85. The number of nitrogens with zero attached hydrogens (tertiary/aromatic N) is 1. The number of urea groups is 1. The van der Waals surface area contributed by atoms with E-state index in [0.29, 0.717) is 13.2 Å². The minimum absolute atomic E-state index is 0.0255. The molecule has 0 bridgehead atoms. The lowest BCUT2D eigenvalue weighted by Crippen LogP contribution is -2.37. The lowest BCUT2D eigenvalue weighted by molar-refractivity contribution is -0.142. The molecule has 0 aliphatic heterocycles. The standard InChI is InChI=1S/C29H34N2O3S/c1-4-6-18-31(22(3)24-13-8-7-9-14-24)29(33)30-25-15-11-17-27(21-25)35-26-16-10-12-23(19-26)20-28(32)34-5-2/h7-17,19,21-22H,4-6,18,20H2,1-3H3,(H,30,33). The van der Waals surface area contributed by atoms with Gasteiger partial charge in [0.25, 0.3) is 0 Å². The van der Waals surface area contributed by atoms with Crippen LogP contribution in [0.15, 0.2) is 88.7 Å². The number of esters is 1. The summed E-state index contributed by atoms with van der Waals surface area (Å²) >= 11 is 1.59. The summed E-state index contributed by atoms with van der Waals surface area (Å²) in [6.07, 6.45) is 2.22. The van der Waals surface area contributed by atoms with E-state index in [1.165, 1.54) is 0 Å². The quantitative estimate of drug-likeness (QED) is 0.286. The molecule has 0 aliphatic rings. The highest BCUT2D eigenvalue weighted by molar-refractivity contribution is 7.99. The van der Waals surface area contributed by atoms with Gasteiger partial charge in [-0.3, -0.25) is 4.79 Å². The van der Waals surface area contributed by atoms with E-state index in [0.717, 1.165) is 39.4 Å². The molecule has 0 aromatic heterocycles. The highest BCUT2D eigenvalue weighted by atomic mass is 32.2. The number of carbonyl (C=O) groups is 2. The van der Waals surface area contributed by atoms with E-state index < -0.39 is 0 Å². The van der Waals surface area contributed by atoms with Gasteiger partial charge in [0.2, 0.25) is 0 Å². The Hall–Kier alpha value is -3.25. The van der Waals surface area contributed by atoms with Crippen LogP contribution in [0.3, 0.4) is 0 Å². The first-order valence-electron chi connectivity index (χ1n) is 12.1. The van der Waals surface area contributed by atoms with E-state index >= 15 is 0 Å². The number of carbonyl (C=O) groups excluding carboxylic acids is 2. The van der Waals surface area contributed by atoms with Crippen molar-refractivity contribution in [2.24, 2.45) is 0 Å². The van der Waals surface area contributed by atoms with Crippen LogP contribution in [0.25, 0.3) is 0 Å². The zero-order chi connectivity index (χ0) is 25.0. The molecule has 3 aromatic rings. The molecule has 5 nitrogen and oxygen atoms in total. The fraction of sp³-hybridized carbons (Fsp3) is 0.310. The summed E-state index contributed by atoms with van der Waals surface area (Å²) in [7, 11) is 0. The van der Waals surface area contributed by atoms with Crippen LogP contribution >= 0.6 is 11.8 Å². The summed E-state index contributed by atoms with van der Waals surface area (Å²) in [5.41, 5.74) is 2.79. The number of hydrogen-bond donors (Lipinski definition) is 1. The van der Waals surface area contributed by atoms with Crippen LogP contribution < -0.4 is 5.32 Å². The Morgan fingerprint density at radius 2 is 1.66 bits per heavy atom. The smallest absolute Gasteiger partial charge is 0.322 e. The van der Waals surface area contributed by atoms with Gasteiger partial charge < -0.3 is 15.0 Å². The van der Waals surface area contributed by atoms with E-state index in [1.807, 2.05) is 71.6 Å². The molecule has 184 valence electrons. The first kappa shape index (κ1) is 26.4. The van der Waals surface area contributed by atoms with Gasteiger partial charge in [0.05, 0.1) is 19.1 Å². The third-order valence-corrected chi connectivity index (χ3v) is 6.62. The molecule has 35 heavy (non-hydrogen) atoms. The number of amides is 2. The van der Waals surface area contributed by atoms with Crippen LogP contribution in [0.5, 0.6) is 0 Å². The Balaban J connectivity index is 1.70. The van der Waals surface area contributed by atoms with Crippen molar-refractivity contribution in [3.8, 4) is 0 Å². The second-order valence-electron chi connectivity index (χ2n) is 8.32. The summed E-state index contributed by atoms with van der Waals surface area (Å²) in [5.74, 6) is -0.225. The van der Waals surface area contributed by atoms with Gasteiger partial charge in [0.1, 0.15) is 0 Å². The highest BCUT2D eigenvalue weighted by Gasteiger charge is 2.21. The van der Waals surface area contributed by atoms with Crippen LogP contribution in [-0.4, -0.2) is 30.1 Å². The van der Waals surface area contributed by atoms with Crippen molar-refractivity contribution < 1.29 is 14.3 Å². The molecule has 1 atom stereocenters. The number of rotatable bonds is 11. The van der Waals surface area contributed by atoms with Gasteiger partial charge in [-0.25, -0.2) is 4.79 Å². The predicted molar refractivity (Wildman–Crippen MR) is 143 cm³/mol. The summed E-state index contributed by atoms with van der Waals surface area (Å²) in [6.45, 7) is 7.08. The van der Waals surface area contributed by atoms with Crippen molar-refractivity contribution in [1.29, 1.82) is 0 Å². The maximum absolute atomic E-state index is 13.3. The Bertz CT molecular complexity index is 1100. The van der Waals surface area contributed by atoms with Crippen LogP contribution in [0, 0.1) is 0 Å². The molecule has 0 heterocycles. The zero-order valence-electron chi connectivity index (χ0n) is 20.7. The zero-order valence-corrected chi connectivity index (χ0v) is 21.5. The number of benzene rings is 3. The van der Waals surface area contributed by atoms with Crippen molar-refractivity contribution in [1.82, 2.24) is 4.90 Å². The lowest BCUT2D eigenvalue weighted by atomic mass is 10.1. The third kappa shape index (κ3) is 8.18. The van der Waals surface area contributed by atoms with Crippen molar-refractivity contribution in [3.05, 3.63) is 90.0 Å². The molecule has 0 spiro atoms. The lowest BCUT2D eigenvalue weighted by Gasteiger charge is -2.30. The van der Waals surface area contributed by atoms with Gasteiger partial charge in [-0.15, -0.1) is 0 Å². The Morgan fingerprint density at radius 3 is 2.37 bits per heavy atom. The fourth-order valence-electron chi connectivity index (χ4n) is 3.78. The SMILES string of the molecule is CCCCN(C(=O)Nc1cccc(Sc2cccc(CC(=O)OCC)c2)c1)C(C)c1ccccc1. The third-order valence-electron chi connectivity index (χ3n) is 5.64. The minimum Gasteiger partial charge on any atom is -0.466 e. The molecule has 2 amide bonds. The van der Waals surface area contributed by atoms with Gasteiger partial charge in [-0.1, -0.05) is 73.6 Å². The molecule has 6 heteroatoms. The largest absolute Gasteiger partial charge is 0.466 e. The van der Waals surface area contributed by atoms with Crippen molar-refractivity contribution in [2.75, 3.05) is 18.5 Å². The maximum atomic E-state index is 13.3. The Labute approximate surface area is 212 Å². The average molecular weight is 491 g/mol. The second kappa shape index (κ2) is 13.6. The monoisotopic (exact) mass is 490 g/mol. The van der Waals surface area contributed by atoms with E-state index in [4.69, 9.17) is 4.74 Å². The number of ether oxygens (including phenoxy) is 1. The van der Waals surface area contributed by atoms with Gasteiger partial charge >= 0.3 is 12.0 Å². The van der Waals surface area contributed by atoms with E-state index in [2.05, 4.69) is 31.3 Å². The molecule has 0 aliphatic carbocycles. The topological polar surface area (TPSA) is 58.6 Å². The minimum atomic E-state index is -0.225. The molecule has 0 saturated carbocycles. The number of hydrogen-bond acceptors (Lipinski definition) is 4. The Kier molecular flexibility index (Phi) is 10.2. The van der Waals surface area contributed by atoms with Crippen LogP contribution in [0.1, 0.15) is 50.8 Å². The molecule has 1 unspecified atom stereocenters. The molecule has 0 fully saturated rings. The van der Waals surface area contributed by atoms with Crippen LogP contribution in [0.2, 0.25) is 0 Å². The van der Waals surface area contributed by atoms with Crippen molar-refractivity contribution in [3.63, 3.8) is 0 Å². The molecule has 1 N–H and O–H groups in total. The Morgan fingerprint density at radius 1 is 0.943 bits per heavy atom. The molecule has 3 aromatic carbocycles. The number of anilines is 1. The first-order valence-corrected chi connectivity index (χ1v) is 13.0. The van der Waals surface area contributed by atoms with E-state index in [1.54, 1.807) is 18.7 Å². The fourth-order valence-corrected chi connectivity index (χ4v) is 4.74. The maximum Gasteiger partial charge on any atom is 0.322 e. The van der Waals surface area contributed by atoms with Crippen LogP contribution in [0.4, 0.5) is 10.5 Å². The second-order valence-corrected chi connectivity index (χ2v) is 9.47. The van der Waals surface area contributed by atoms with Crippen molar-refractivity contribution in [2.45, 2.75) is 55.9 Å². The van der Waals surface area contributed by atoms with E-state index in [9.17, 15) is 9.59 Å². The normalized spacial score (nSPS) is 11.5. The van der Waals surface area contributed by atoms with Gasteiger partial charge in [-0.05, 0) is 61.7 Å². The van der Waals surface area contributed by atoms with Gasteiger partial charge in [-0.2, -0.15) is 0 Å².